The van der Waals surface area contributed by atoms with Crippen molar-refractivity contribution in [3.05, 3.63) is 58.7 Å². The maximum absolute atomic E-state index is 13.1. The molecular formula is C20H21F3O2. The average molecular weight is 350 g/mol. The number of alkyl halides is 3. The summed E-state index contributed by atoms with van der Waals surface area (Å²) in [5.74, 6) is 0. The van der Waals surface area contributed by atoms with Crippen LogP contribution in [0, 0.1) is 0 Å². The lowest BCUT2D eigenvalue weighted by Crippen LogP contribution is -2.39. The molecule has 25 heavy (non-hydrogen) atoms. The first kappa shape index (κ1) is 19.2. The summed E-state index contributed by atoms with van der Waals surface area (Å²) in [6.07, 6.45) is -2.76. The van der Waals surface area contributed by atoms with Crippen LogP contribution in [0.3, 0.4) is 0 Å². The van der Waals surface area contributed by atoms with Gasteiger partial charge in [0.05, 0.1) is 0 Å². The van der Waals surface area contributed by atoms with Crippen LogP contribution in [0.15, 0.2) is 36.4 Å². The number of benzene rings is 2. The first-order chi connectivity index (χ1) is 11.7. The molecule has 0 aliphatic heterocycles. The minimum absolute atomic E-state index is 0.178. The molecule has 1 N–H and O–H groups in total. The Hall–Kier alpha value is -2.14. The summed E-state index contributed by atoms with van der Waals surface area (Å²) in [4.78, 5) is 11.0. The SMILES string of the molecule is CCc1cc(C=O)ccc1-c1ccc(C(C)(O)C(F)(F)F)cc1CC. The average Bonchev–Trinajstić information content (AvgIpc) is 2.59. The second-order valence-corrected chi connectivity index (χ2v) is 6.18. The quantitative estimate of drug-likeness (QED) is 0.765. The van der Waals surface area contributed by atoms with E-state index in [9.17, 15) is 23.1 Å². The summed E-state index contributed by atoms with van der Waals surface area (Å²) in [5, 5.41) is 9.91. The van der Waals surface area contributed by atoms with Crippen molar-refractivity contribution in [2.24, 2.45) is 0 Å². The lowest BCUT2D eigenvalue weighted by molar-refractivity contribution is -0.258. The van der Waals surface area contributed by atoms with Crippen molar-refractivity contribution in [2.45, 2.75) is 45.4 Å². The van der Waals surface area contributed by atoms with Gasteiger partial charge >= 0.3 is 6.18 Å². The predicted octanol–water partition coefficient (Wildman–Crippen LogP) is 5.06. The van der Waals surface area contributed by atoms with Crippen LogP contribution in [0.1, 0.15) is 47.8 Å². The van der Waals surface area contributed by atoms with E-state index in [2.05, 4.69) is 0 Å². The molecule has 0 radical (unpaired) electrons. The zero-order valence-electron chi connectivity index (χ0n) is 14.4. The van der Waals surface area contributed by atoms with Crippen molar-refractivity contribution in [3.8, 4) is 11.1 Å². The molecule has 2 aromatic carbocycles. The van der Waals surface area contributed by atoms with Crippen LogP contribution in [0.4, 0.5) is 13.2 Å². The van der Waals surface area contributed by atoms with Gasteiger partial charge in [-0.15, -0.1) is 0 Å². The van der Waals surface area contributed by atoms with E-state index in [-0.39, 0.29) is 5.56 Å². The predicted molar refractivity (Wildman–Crippen MR) is 91.6 cm³/mol. The molecule has 2 rings (SSSR count). The molecular weight excluding hydrogens is 329 g/mol. The standard InChI is InChI=1S/C20H21F3O2/c1-4-14-10-13(12-24)6-8-17(14)18-9-7-16(11-15(18)5-2)19(3,25)20(21,22)23/h6-12,25H,4-5H2,1-3H3. The fourth-order valence-corrected chi connectivity index (χ4v) is 2.86. The van der Waals surface area contributed by atoms with Gasteiger partial charge in [-0.05, 0) is 53.6 Å². The van der Waals surface area contributed by atoms with Gasteiger partial charge in [0.1, 0.15) is 6.29 Å². The van der Waals surface area contributed by atoms with Crippen molar-refractivity contribution in [1.82, 2.24) is 0 Å². The number of rotatable bonds is 5. The molecule has 0 spiro atoms. The van der Waals surface area contributed by atoms with Crippen LogP contribution >= 0.6 is 0 Å². The van der Waals surface area contributed by atoms with E-state index in [0.29, 0.717) is 18.4 Å². The molecule has 0 saturated carbocycles. The van der Waals surface area contributed by atoms with Crippen LogP contribution in [0.25, 0.3) is 11.1 Å². The van der Waals surface area contributed by atoms with Gasteiger partial charge in [-0.3, -0.25) is 4.79 Å². The minimum atomic E-state index is -4.75. The Labute approximate surface area is 145 Å². The summed E-state index contributed by atoms with van der Waals surface area (Å²) in [7, 11) is 0. The number of aryl methyl sites for hydroxylation is 2. The van der Waals surface area contributed by atoms with Gasteiger partial charge in [0, 0.05) is 5.56 Å². The topological polar surface area (TPSA) is 37.3 Å². The maximum atomic E-state index is 13.1. The highest BCUT2D eigenvalue weighted by Crippen LogP contribution is 2.40. The molecule has 2 aromatic rings. The largest absolute Gasteiger partial charge is 0.421 e. The van der Waals surface area contributed by atoms with Gasteiger partial charge in [-0.2, -0.15) is 13.2 Å². The number of carbonyl (C=O) groups excluding carboxylic acids is 1. The van der Waals surface area contributed by atoms with Gasteiger partial charge in [-0.1, -0.05) is 44.2 Å². The third-order valence-electron chi connectivity index (χ3n) is 4.54. The number of carbonyl (C=O) groups is 1. The molecule has 0 aromatic heterocycles. The lowest BCUT2D eigenvalue weighted by atomic mass is 9.87. The Bertz CT molecular complexity index is 777. The normalized spacial score (nSPS) is 14.2. The highest BCUT2D eigenvalue weighted by atomic mass is 19.4. The zero-order valence-corrected chi connectivity index (χ0v) is 14.4. The van der Waals surface area contributed by atoms with Crippen LogP contribution in [-0.2, 0) is 18.4 Å². The fraction of sp³-hybridized carbons (Fsp3) is 0.350. The first-order valence-electron chi connectivity index (χ1n) is 8.16. The van der Waals surface area contributed by atoms with E-state index in [1.54, 1.807) is 18.2 Å². The summed E-state index contributed by atoms with van der Waals surface area (Å²) in [5.41, 5.74) is 0.870. The third-order valence-corrected chi connectivity index (χ3v) is 4.54. The van der Waals surface area contributed by atoms with Gasteiger partial charge in [0.25, 0.3) is 0 Å². The van der Waals surface area contributed by atoms with Crippen molar-refractivity contribution >= 4 is 6.29 Å². The fourth-order valence-electron chi connectivity index (χ4n) is 2.86. The van der Waals surface area contributed by atoms with Gasteiger partial charge < -0.3 is 5.11 Å². The highest BCUT2D eigenvalue weighted by Gasteiger charge is 2.51. The first-order valence-corrected chi connectivity index (χ1v) is 8.16. The molecule has 2 nitrogen and oxygen atoms in total. The van der Waals surface area contributed by atoms with Gasteiger partial charge in [0.2, 0.25) is 0 Å². The van der Waals surface area contributed by atoms with Gasteiger partial charge in [0.15, 0.2) is 5.60 Å². The van der Waals surface area contributed by atoms with Crippen LogP contribution in [0.5, 0.6) is 0 Å². The molecule has 0 aliphatic rings. The zero-order chi connectivity index (χ0) is 18.8. The van der Waals surface area contributed by atoms with Crippen LogP contribution in [0.2, 0.25) is 0 Å². The molecule has 0 saturated heterocycles. The molecule has 1 atom stereocenters. The van der Waals surface area contributed by atoms with Crippen LogP contribution < -0.4 is 0 Å². The second kappa shape index (κ2) is 7.00. The molecule has 5 heteroatoms. The Kier molecular flexibility index (Phi) is 5.37. The Morgan fingerprint density at radius 2 is 1.48 bits per heavy atom. The maximum Gasteiger partial charge on any atom is 0.421 e. The Morgan fingerprint density at radius 1 is 0.960 bits per heavy atom. The highest BCUT2D eigenvalue weighted by molar-refractivity contribution is 5.79. The number of aldehydes is 1. The number of aliphatic hydroxyl groups is 1. The van der Waals surface area contributed by atoms with Crippen molar-refractivity contribution in [1.29, 1.82) is 0 Å². The van der Waals surface area contributed by atoms with E-state index >= 15 is 0 Å². The number of hydrogen-bond donors (Lipinski definition) is 1. The molecule has 0 amide bonds. The van der Waals surface area contributed by atoms with Crippen molar-refractivity contribution in [3.63, 3.8) is 0 Å². The molecule has 0 bridgehead atoms. The van der Waals surface area contributed by atoms with Crippen molar-refractivity contribution in [2.75, 3.05) is 0 Å². The van der Waals surface area contributed by atoms with E-state index in [0.717, 1.165) is 35.5 Å². The molecule has 0 fully saturated rings. The second-order valence-electron chi connectivity index (χ2n) is 6.18. The molecule has 0 aliphatic carbocycles. The molecule has 1 unspecified atom stereocenters. The third kappa shape index (κ3) is 3.61. The van der Waals surface area contributed by atoms with E-state index in [1.807, 2.05) is 19.9 Å². The minimum Gasteiger partial charge on any atom is -0.376 e. The summed E-state index contributed by atoms with van der Waals surface area (Å²) in [6.45, 7) is 4.58. The molecule has 0 heterocycles. The summed E-state index contributed by atoms with van der Waals surface area (Å²) < 4.78 is 39.3. The molecule has 134 valence electrons. The lowest BCUT2D eigenvalue weighted by Gasteiger charge is -2.27. The smallest absolute Gasteiger partial charge is 0.376 e. The van der Waals surface area contributed by atoms with E-state index in [1.165, 1.54) is 12.1 Å². The van der Waals surface area contributed by atoms with E-state index in [4.69, 9.17) is 0 Å². The van der Waals surface area contributed by atoms with Gasteiger partial charge in [-0.25, -0.2) is 0 Å². The van der Waals surface area contributed by atoms with Crippen molar-refractivity contribution < 1.29 is 23.1 Å². The Balaban J connectivity index is 2.60. The monoisotopic (exact) mass is 350 g/mol. The Morgan fingerprint density at radius 3 is 1.96 bits per heavy atom. The summed E-state index contributed by atoms with van der Waals surface area (Å²) in [6, 6.07) is 9.65. The summed E-state index contributed by atoms with van der Waals surface area (Å²) >= 11 is 0. The number of hydrogen-bond acceptors (Lipinski definition) is 2. The number of halogens is 3. The van der Waals surface area contributed by atoms with Crippen LogP contribution in [-0.4, -0.2) is 17.6 Å². The van der Waals surface area contributed by atoms with E-state index < -0.39 is 11.8 Å².